The van der Waals surface area contributed by atoms with Crippen molar-refractivity contribution in [1.82, 2.24) is 19.5 Å². The van der Waals surface area contributed by atoms with Gasteiger partial charge < -0.3 is 4.57 Å². The maximum absolute atomic E-state index is 5.15. The van der Waals surface area contributed by atoms with Crippen LogP contribution in [0.5, 0.6) is 0 Å². The molecule has 1 aliphatic rings. The summed E-state index contributed by atoms with van der Waals surface area (Å²) in [6.07, 6.45) is 6.80. The standard InChI is InChI=1S/C43H30N4/c1-2-13-31(14-3-1)41-44-42(32-25-22-30(23-26-32)34-27-24-29-12-4-5-15-33(29)28-34)46-43(45-41)37-18-8-11-21-40(37)47-38-19-9-6-16-35(38)36-17-7-10-20-39(36)47/h1-6,8-9,11-28H,7,10H2. The molecular formula is C43H30N4. The molecule has 0 unspecified atom stereocenters. The van der Waals surface area contributed by atoms with E-state index in [1.165, 1.54) is 37.8 Å². The number of rotatable bonds is 5. The van der Waals surface area contributed by atoms with Crippen LogP contribution in [0.25, 0.3) is 84.8 Å². The third-order valence-corrected chi connectivity index (χ3v) is 9.08. The highest BCUT2D eigenvalue weighted by atomic mass is 15.0. The Balaban J connectivity index is 1.21. The summed E-state index contributed by atoms with van der Waals surface area (Å²) in [6.45, 7) is 0. The van der Waals surface area contributed by atoms with Crippen molar-refractivity contribution in [2.24, 2.45) is 0 Å². The molecule has 1 aliphatic carbocycles. The van der Waals surface area contributed by atoms with Gasteiger partial charge in [0.1, 0.15) is 0 Å². The van der Waals surface area contributed by atoms with E-state index in [0.717, 1.165) is 40.8 Å². The second kappa shape index (κ2) is 11.3. The van der Waals surface area contributed by atoms with Crippen molar-refractivity contribution in [1.29, 1.82) is 0 Å². The molecule has 4 heteroatoms. The van der Waals surface area contributed by atoms with E-state index in [0.29, 0.717) is 17.5 Å². The van der Waals surface area contributed by atoms with E-state index in [1.54, 1.807) is 0 Å². The molecule has 0 amide bonds. The number of aromatic nitrogens is 4. The number of fused-ring (bicyclic) bond motifs is 4. The van der Waals surface area contributed by atoms with Crippen molar-refractivity contribution in [3.05, 3.63) is 156 Å². The lowest BCUT2D eigenvalue weighted by atomic mass is 10.00. The Morgan fingerprint density at radius 3 is 1.91 bits per heavy atom. The highest BCUT2D eigenvalue weighted by molar-refractivity contribution is 5.88. The van der Waals surface area contributed by atoms with E-state index < -0.39 is 0 Å². The molecule has 0 atom stereocenters. The Morgan fingerprint density at radius 1 is 0.447 bits per heavy atom. The normalized spacial score (nSPS) is 12.4. The zero-order chi connectivity index (χ0) is 31.2. The minimum absolute atomic E-state index is 0.646. The Labute approximate surface area is 272 Å². The Hall–Kier alpha value is -6.13. The molecule has 0 N–H and O–H groups in total. The van der Waals surface area contributed by atoms with Crippen LogP contribution in [0, 0.1) is 0 Å². The molecule has 0 saturated carbocycles. The van der Waals surface area contributed by atoms with Gasteiger partial charge >= 0.3 is 0 Å². The average Bonchev–Trinajstić information content (AvgIpc) is 3.49. The van der Waals surface area contributed by atoms with Gasteiger partial charge in [-0.05, 0) is 59.0 Å². The molecular weight excluding hydrogens is 573 g/mol. The van der Waals surface area contributed by atoms with Crippen LogP contribution in [0.15, 0.2) is 146 Å². The van der Waals surface area contributed by atoms with E-state index in [2.05, 4.69) is 144 Å². The molecule has 2 heterocycles. The summed E-state index contributed by atoms with van der Waals surface area (Å²) >= 11 is 0. The van der Waals surface area contributed by atoms with E-state index >= 15 is 0 Å². The predicted molar refractivity (Wildman–Crippen MR) is 193 cm³/mol. The highest BCUT2D eigenvalue weighted by Gasteiger charge is 2.18. The molecule has 0 saturated heterocycles. The average molecular weight is 603 g/mol. The van der Waals surface area contributed by atoms with E-state index in [4.69, 9.17) is 15.0 Å². The molecule has 0 fully saturated rings. The fourth-order valence-electron chi connectivity index (χ4n) is 6.79. The van der Waals surface area contributed by atoms with Crippen molar-refractivity contribution in [3.8, 4) is 51.0 Å². The van der Waals surface area contributed by atoms with Crippen molar-refractivity contribution in [3.63, 3.8) is 0 Å². The van der Waals surface area contributed by atoms with Crippen LogP contribution in [0.2, 0.25) is 0 Å². The second-order valence-electron chi connectivity index (χ2n) is 12.0. The van der Waals surface area contributed by atoms with Crippen LogP contribution < -0.4 is 10.6 Å². The molecule has 6 aromatic carbocycles. The molecule has 0 bridgehead atoms. The van der Waals surface area contributed by atoms with Crippen LogP contribution >= 0.6 is 0 Å². The second-order valence-corrected chi connectivity index (χ2v) is 12.0. The van der Waals surface area contributed by atoms with Gasteiger partial charge in [0.25, 0.3) is 0 Å². The summed E-state index contributed by atoms with van der Waals surface area (Å²) < 4.78 is 2.37. The van der Waals surface area contributed by atoms with Crippen LogP contribution in [-0.2, 0) is 0 Å². The molecule has 8 aromatic rings. The van der Waals surface area contributed by atoms with Crippen LogP contribution in [0.1, 0.15) is 12.8 Å². The lowest BCUT2D eigenvalue weighted by Gasteiger charge is -2.14. The lowest BCUT2D eigenvalue weighted by molar-refractivity contribution is 1.01. The zero-order valence-electron chi connectivity index (χ0n) is 25.7. The summed E-state index contributed by atoms with van der Waals surface area (Å²) in [6, 6.07) is 50.9. The van der Waals surface area contributed by atoms with Gasteiger partial charge in [0.05, 0.1) is 11.2 Å². The molecule has 9 rings (SSSR count). The maximum Gasteiger partial charge on any atom is 0.166 e. The quantitative estimate of drug-likeness (QED) is 0.198. The van der Waals surface area contributed by atoms with Crippen molar-refractivity contribution in [2.75, 3.05) is 0 Å². The van der Waals surface area contributed by atoms with Gasteiger partial charge in [-0.3, -0.25) is 0 Å². The number of nitrogens with zero attached hydrogens (tertiary/aromatic N) is 4. The number of hydrogen-bond acceptors (Lipinski definition) is 3. The van der Waals surface area contributed by atoms with Gasteiger partial charge in [-0.1, -0.05) is 133 Å². The minimum atomic E-state index is 0.646. The van der Waals surface area contributed by atoms with Crippen LogP contribution in [0.3, 0.4) is 0 Å². The third-order valence-electron chi connectivity index (χ3n) is 9.08. The minimum Gasteiger partial charge on any atom is -0.309 e. The van der Waals surface area contributed by atoms with Crippen LogP contribution in [0.4, 0.5) is 0 Å². The Kier molecular flexibility index (Phi) is 6.57. The van der Waals surface area contributed by atoms with Gasteiger partial charge in [0.15, 0.2) is 17.5 Å². The molecule has 0 radical (unpaired) electrons. The fraction of sp³-hybridized carbons (Fsp3) is 0.0465. The van der Waals surface area contributed by atoms with Crippen molar-refractivity contribution >= 4 is 33.8 Å². The number of benzene rings is 6. The molecule has 4 nitrogen and oxygen atoms in total. The van der Waals surface area contributed by atoms with Gasteiger partial charge in [0, 0.05) is 32.6 Å². The first kappa shape index (κ1) is 27.2. The van der Waals surface area contributed by atoms with Gasteiger partial charge in [-0.15, -0.1) is 0 Å². The van der Waals surface area contributed by atoms with Gasteiger partial charge in [-0.2, -0.15) is 0 Å². The van der Waals surface area contributed by atoms with Crippen molar-refractivity contribution < 1.29 is 0 Å². The molecule has 47 heavy (non-hydrogen) atoms. The monoisotopic (exact) mass is 602 g/mol. The van der Waals surface area contributed by atoms with E-state index in [9.17, 15) is 0 Å². The van der Waals surface area contributed by atoms with Crippen LogP contribution in [-0.4, -0.2) is 19.5 Å². The van der Waals surface area contributed by atoms with E-state index in [1.807, 2.05) is 18.2 Å². The Morgan fingerprint density at radius 2 is 1.06 bits per heavy atom. The summed E-state index contributed by atoms with van der Waals surface area (Å²) in [4.78, 5) is 15.3. The lowest BCUT2D eigenvalue weighted by Crippen LogP contribution is -2.30. The SMILES string of the molecule is C1=c2c(n(-c3ccccc3-c3nc(-c4ccccc4)nc(-c4ccc(-c5ccc6ccccc6c5)cc4)n3)c3ccccc23)=CCC1. The summed E-state index contributed by atoms with van der Waals surface area (Å²) in [5, 5.41) is 6.26. The third kappa shape index (κ3) is 4.82. The maximum atomic E-state index is 5.15. The topological polar surface area (TPSA) is 43.6 Å². The summed E-state index contributed by atoms with van der Waals surface area (Å²) in [5.41, 5.74) is 7.43. The highest BCUT2D eigenvalue weighted by Crippen LogP contribution is 2.31. The first-order chi connectivity index (χ1) is 23.3. The van der Waals surface area contributed by atoms with Gasteiger partial charge in [0.2, 0.25) is 0 Å². The zero-order valence-corrected chi connectivity index (χ0v) is 25.7. The summed E-state index contributed by atoms with van der Waals surface area (Å²) in [5.74, 6) is 1.95. The first-order valence-corrected chi connectivity index (χ1v) is 16.1. The first-order valence-electron chi connectivity index (χ1n) is 16.1. The van der Waals surface area contributed by atoms with Crippen molar-refractivity contribution in [2.45, 2.75) is 12.8 Å². The molecule has 0 spiro atoms. The largest absolute Gasteiger partial charge is 0.309 e. The molecule has 0 aliphatic heterocycles. The number of para-hydroxylation sites is 2. The molecule has 2 aromatic heterocycles. The smallest absolute Gasteiger partial charge is 0.166 e. The fourth-order valence-corrected chi connectivity index (χ4v) is 6.79. The summed E-state index contributed by atoms with van der Waals surface area (Å²) in [7, 11) is 0. The predicted octanol–water partition coefficient (Wildman–Crippen LogP) is 8.99. The van der Waals surface area contributed by atoms with Gasteiger partial charge in [-0.25, -0.2) is 15.0 Å². The Bertz CT molecular complexity index is 2560. The molecule has 222 valence electrons. The number of hydrogen-bond donors (Lipinski definition) is 0. The van der Waals surface area contributed by atoms with E-state index in [-0.39, 0.29) is 0 Å².